The summed E-state index contributed by atoms with van der Waals surface area (Å²) in [4.78, 5) is 26.4. The molecule has 2 aromatic heterocycles. The lowest BCUT2D eigenvalue weighted by molar-refractivity contribution is -0.141. The average molecular weight is 409 g/mol. The molecule has 0 saturated carbocycles. The number of alkyl halides is 3. The van der Waals surface area contributed by atoms with Crippen LogP contribution in [-0.2, 0) is 15.7 Å². The molecule has 3 heterocycles. The average Bonchev–Trinajstić information content (AvgIpc) is 2.72. The zero-order valence-corrected chi connectivity index (χ0v) is 16.1. The molecule has 1 unspecified atom stereocenters. The second kappa shape index (κ2) is 8.73. The molecule has 7 nitrogen and oxygen atoms in total. The third kappa shape index (κ3) is 5.20. The predicted octanol–water partition coefficient (Wildman–Crippen LogP) is 2.85. The molecular weight excluding hydrogens is 387 g/mol. The monoisotopic (exact) mass is 409 g/mol. The van der Waals surface area contributed by atoms with Crippen LogP contribution in [0.1, 0.15) is 19.5 Å². The number of ether oxygens (including phenoxy) is 1. The minimum atomic E-state index is -4.66. The van der Waals surface area contributed by atoms with Gasteiger partial charge in [-0.25, -0.2) is 9.97 Å². The third-order valence-electron chi connectivity index (χ3n) is 4.47. The third-order valence-corrected chi connectivity index (χ3v) is 4.47. The smallest absolute Gasteiger partial charge is 0.378 e. The molecule has 156 valence electrons. The summed E-state index contributed by atoms with van der Waals surface area (Å²) in [5, 5.41) is 2.89. The highest BCUT2D eigenvalue weighted by Crippen LogP contribution is 2.31. The van der Waals surface area contributed by atoms with E-state index in [1.54, 1.807) is 17.0 Å². The summed E-state index contributed by atoms with van der Waals surface area (Å²) < 4.78 is 45.4. The van der Waals surface area contributed by atoms with Gasteiger partial charge in [0.05, 0.1) is 13.2 Å². The molecule has 1 atom stereocenters. The van der Waals surface area contributed by atoms with Crippen LogP contribution in [0.25, 0.3) is 11.5 Å². The zero-order chi connectivity index (χ0) is 21.0. The lowest BCUT2D eigenvalue weighted by Gasteiger charge is -2.32. The number of amides is 1. The van der Waals surface area contributed by atoms with Crippen molar-refractivity contribution in [2.45, 2.75) is 26.1 Å². The van der Waals surface area contributed by atoms with Gasteiger partial charge in [-0.05, 0) is 18.1 Å². The molecule has 1 aliphatic rings. The second-order valence-corrected chi connectivity index (χ2v) is 6.98. The van der Waals surface area contributed by atoms with E-state index in [-0.39, 0.29) is 29.2 Å². The molecule has 1 aliphatic heterocycles. The molecule has 0 aromatic carbocycles. The van der Waals surface area contributed by atoms with Crippen molar-refractivity contribution in [3.8, 4) is 11.5 Å². The molecule has 0 radical (unpaired) electrons. The van der Waals surface area contributed by atoms with Crippen LogP contribution in [0.15, 0.2) is 30.5 Å². The summed E-state index contributed by atoms with van der Waals surface area (Å²) in [7, 11) is 0. The Morgan fingerprint density at radius 2 is 1.93 bits per heavy atom. The van der Waals surface area contributed by atoms with Gasteiger partial charge < -0.3 is 15.0 Å². The molecule has 0 spiro atoms. The fraction of sp³-hybridized carbons (Fsp3) is 0.474. The van der Waals surface area contributed by atoms with E-state index in [0.717, 1.165) is 6.07 Å². The molecule has 2 aromatic rings. The first kappa shape index (κ1) is 21.0. The van der Waals surface area contributed by atoms with Crippen molar-refractivity contribution in [3.05, 3.63) is 36.2 Å². The molecule has 1 amide bonds. The van der Waals surface area contributed by atoms with Gasteiger partial charge in [-0.1, -0.05) is 19.9 Å². The van der Waals surface area contributed by atoms with Gasteiger partial charge in [-0.2, -0.15) is 13.2 Å². The van der Waals surface area contributed by atoms with Crippen LogP contribution < -0.4 is 5.32 Å². The van der Waals surface area contributed by atoms with Crippen LogP contribution in [0.5, 0.6) is 0 Å². The number of halogens is 3. The first-order valence-electron chi connectivity index (χ1n) is 9.26. The van der Waals surface area contributed by atoms with E-state index in [0.29, 0.717) is 26.3 Å². The van der Waals surface area contributed by atoms with Crippen molar-refractivity contribution in [2.75, 3.05) is 31.6 Å². The van der Waals surface area contributed by atoms with Gasteiger partial charge in [0.25, 0.3) is 0 Å². The Morgan fingerprint density at radius 3 is 2.52 bits per heavy atom. The zero-order valence-electron chi connectivity index (χ0n) is 16.1. The SMILES string of the molecule is CC(C)C(Nc1cc(C(F)(F)F)nc(-c2ccccn2)n1)C(=O)N1CCOCC1. The number of aromatic nitrogens is 3. The quantitative estimate of drug-likeness (QED) is 0.818. The van der Waals surface area contributed by atoms with Crippen molar-refractivity contribution in [1.82, 2.24) is 19.9 Å². The highest BCUT2D eigenvalue weighted by Gasteiger charge is 2.35. The van der Waals surface area contributed by atoms with E-state index in [1.807, 2.05) is 13.8 Å². The lowest BCUT2D eigenvalue weighted by Crippen LogP contribution is -2.50. The number of carbonyl (C=O) groups is 1. The molecule has 0 aliphatic carbocycles. The van der Waals surface area contributed by atoms with Gasteiger partial charge in [-0.3, -0.25) is 9.78 Å². The Bertz CT molecular complexity index is 839. The predicted molar refractivity (Wildman–Crippen MR) is 99.9 cm³/mol. The van der Waals surface area contributed by atoms with E-state index in [1.165, 1.54) is 12.3 Å². The normalized spacial score (nSPS) is 16.0. The van der Waals surface area contributed by atoms with Crippen LogP contribution in [0, 0.1) is 5.92 Å². The second-order valence-electron chi connectivity index (χ2n) is 6.98. The number of hydrogen-bond donors (Lipinski definition) is 1. The van der Waals surface area contributed by atoms with E-state index >= 15 is 0 Å². The molecule has 29 heavy (non-hydrogen) atoms. The first-order valence-corrected chi connectivity index (χ1v) is 9.26. The van der Waals surface area contributed by atoms with E-state index in [9.17, 15) is 18.0 Å². The number of nitrogens with one attached hydrogen (secondary N) is 1. The van der Waals surface area contributed by atoms with Crippen LogP contribution in [0.3, 0.4) is 0 Å². The molecule has 1 fully saturated rings. The first-order chi connectivity index (χ1) is 13.8. The van der Waals surface area contributed by atoms with Gasteiger partial charge in [-0.15, -0.1) is 0 Å². The van der Waals surface area contributed by atoms with Crippen LogP contribution >= 0.6 is 0 Å². The van der Waals surface area contributed by atoms with Gasteiger partial charge in [0.1, 0.15) is 17.6 Å². The number of carbonyl (C=O) groups excluding carboxylic acids is 1. The van der Waals surface area contributed by atoms with Gasteiger partial charge in [0, 0.05) is 25.4 Å². The van der Waals surface area contributed by atoms with Crippen molar-refractivity contribution in [3.63, 3.8) is 0 Å². The van der Waals surface area contributed by atoms with E-state index in [2.05, 4.69) is 20.3 Å². The highest BCUT2D eigenvalue weighted by molar-refractivity contribution is 5.85. The minimum absolute atomic E-state index is 0.0757. The lowest BCUT2D eigenvalue weighted by atomic mass is 10.0. The molecule has 1 saturated heterocycles. The number of nitrogens with zero attached hydrogens (tertiary/aromatic N) is 4. The van der Waals surface area contributed by atoms with Crippen molar-refractivity contribution in [1.29, 1.82) is 0 Å². The number of pyridine rings is 1. The number of anilines is 1. The molecule has 10 heteroatoms. The highest BCUT2D eigenvalue weighted by atomic mass is 19.4. The van der Waals surface area contributed by atoms with Crippen molar-refractivity contribution in [2.24, 2.45) is 5.92 Å². The Balaban J connectivity index is 1.94. The molecule has 1 N–H and O–H groups in total. The van der Waals surface area contributed by atoms with E-state index < -0.39 is 17.9 Å². The summed E-state index contributed by atoms with van der Waals surface area (Å²) in [5.41, 5.74) is -0.890. The van der Waals surface area contributed by atoms with Gasteiger partial charge in [0.15, 0.2) is 11.5 Å². The molecule has 3 rings (SSSR count). The largest absolute Gasteiger partial charge is 0.433 e. The maximum atomic E-state index is 13.4. The number of rotatable bonds is 5. The van der Waals surface area contributed by atoms with Crippen molar-refractivity contribution >= 4 is 11.7 Å². The standard InChI is InChI=1S/C19H22F3N5O2/c1-12(2)16(18(28)27-7-9-29-10-8-27)25-15-11-14(19(20,21)22)24-17(26-15)13-5-3-4-6-23-13/h3-6,11-12,16H,7-10H2,1-2H3,(H,24,25,26). The number of morpholine rings is 1. The minimum Gasteiger partial charge on any atom is -0.378 e. The Hall–Kier alpha value is -2.75. The number of hydrogen-bond acceptors (Lipinski definition) is 6. The Kier molecular flexibility index (Phi) is 6.31. The summed E-state index contributed by atoms with van der Waals surface area (Å²) in [6, 6.07) is 4.89. The summed E-state index contributed by atoms with van der Waals surface area (Å²) in [5.74, 6) is -0.611. The maximum Gasteiger partial charge on any atom is 0.433 e. The fourth-order valence-electron chi connectivity index (χ4n) is 2.93. The molecule has 0 bridgehead atoms. The van der Waals surface area contributed by atoms with Gasteiger partial charge in [0.2, 0.25) is 5.91 Å². The topological polar surface area (TPSA) is 80.2 Å². The van der Waals surface area contributed by atoms with E-state index in [4.69, 9.17) is 4.74 Å². The van der Waals surface area contributed by atoms with Gasteiger partial charge >= 0.3 is 6.18 Å². The Morgan fingerprint density at radius 1 is 1.21 bits per heavy atom. The Labute approximate surface area is 166 Å². The summed E-state index contributed by atoms with van der Waals surface area (Å²) in [6.07, 6.45) is -3.21. The van der Waals surface area contributed by atoms with Crippen molar-refractivity contribution < 1.29 is 22.7 Å². The summed E-state index contributed by atoms with van der Waals surface area (Å²) >= 11 is 0. The molecular formula is C19H22F3N5O2. The fourth-order valence-corrected chi connectivity index (χ4v) is 2.93. The summed E-state index contributed by atoms with van der Waals surface area (Å²) in [6.45, 7) is 5.41. The van der Waals surface area contributed by atoms with Crippen LogP contribution in [0.4, 0.5) is 19.0 Å². The van der Waals surface area contributed by atoms with Crippen LogP contribution in [0.2, 0.25) is 0 Å². The maximum absolute atomic E-state index is 13.4. The van der Waals surface area contributed by atoms with Crippen LogP contribution in [-0.4, -0.2) is 58.1 Å².